The second kappa shape index (κ2) is 5.47. The fourth-order valence-electron chi connectivity index (χ4n) is 2.14. The number of likely N-dealkylation sites (N-methyl/N-ethyl adjacent to an activating group) is 1. The minimum absolute atomic E-state index is 0.174. The van der Waals surface area contributed by atoms with Crippen LogP contribution in [-0.2, 0) is 14.3 Å². The van der Waals surface area contributed by atoms with E-state index in [4.69, 9.17) is 9.47 Å². The maximum atomic E-state index is 11.6. The highest BCUT2D eigenvalue weighted by molar-refractivity contribution is 5.81. The Morgan fingerprint density at radius 3 is 2.87 bits per heavy atom. The van der Waals surface area contributed by atoms with Crippen LogP contribution in [0.5, 0.6) is 0 Å². The lowest BCUT2D eigenvalue weighted by Crippen LogP contribution is -2.49. The van der Waals surface area contributed by atoms with Crippen molar-refractivity contribution in [2.75, 3.05) is 20.8 Å². The zero-order valence-electron chi connectivity index (χ0n) is 9.84. The van der Waals surface area contributed by atoms with Crippen molar-refractivity contribution < 1.29 is 14.3 Å². The van der Waals surface area contributed by atoms with Gasteiger partial charge in [-0.1, -0.05) is 6.92 Å². The van der Waals surface area contributed by atoms with E-state index in [9.17, 15) is 4.79 Å². The maximum absolute atomic E-state index is 11.6. The quantitative estimate of drug-likeness (QED) is 0.698. The number of nitrogens with one attached hydrogen (secondary N) is 1. The molecule has 1 fully saturated rings. The van der Waals surface area contributed by atoms with E-state index < -0.39 is 5.54 Å². The van der Waals surface area contributed by atoms with Gasteiger partial charge in [0.15, 0.2) is 0 Å². The second-order valence-corrected chi connectivity index (χ2v) is 4.06. The van der Waals surface area contributed by atoms with Gasteiger partial charge in [-0.3, -0.25) is 4.79 Å². The molecule has 15 heavy (non-hydrogen) atoms. The Hall–Kier alpha value is -0.610. The van der Waals surface area contributed by atoms with Crippen LogP contribution in [-0.4, -0.2) is 38.4 Å². The SMILES string of the molecule is CCCOC1CCC(NC)(C(=O)OC)C1. The number of methoxy groups -OCH3 is 1. The molecule has 4 heteroatoms. The number of ether oxygens (including phenoxy) is 2. The fraction of sp³-hybridized carbons (Fsp3) is 0.909. The molecule has 0 aromatic heterocycles. The largest absolute Gasteiger partial charge is 0.468 e. The number of esters is 1. The molecule has 0 aromatic rings. The van der Waals surface area contributed by atoms with Crippen LogP contribution in [0.25, 0.3) is 0 Å². The van der Waals surface area contributed by atoms with Gasteiger partial charge < -0.3 is 14.8 Å². The van der Waals surface area contributed by atoms with E-state index in [0.717, 1.165) is 32.3 Å². The van der Waals surface area contributed by atoms with E-state index in [0.29, 0.717) is 0 Å². The summed E-state index contributed by atoms with van der Waals surface area (Å²) in [5, 5.41) is 3.08. The lowest BCUT2D eigenvalue weighted by Gasteiger charge is -2.25. The summed E-state index contributed by atoms with van der Waals surface area (Å²) in [4.78, 5) is 11.6. The van der Waals surface area contributed by atoms with Crippen molar-refractivity contribution in [1.82, 2.24) is 5.32 Å². The van der Waals surface area contributed by atoms with Crippen molar-refractivity contribution in [1.29, 1.82) is 0 Å². The zero-order chi connectivity index (χ0) is 11.3. The van der Waals surface area contributed by atoms with Crippen LogP contribution in [0.3, 0.4) is 0 Å². The molecule has 0 aliphatic heterocycles. The van der Waals surface area contributed by atoms with Gasteiger partial charge in [-0.15, -0.1) is 0 Å². The summed E-state index contributed by atoms with van der Waals surface area (Å²) in [5.41, 5.74) is -0.521. The van der Waals surface area contributed by atoms with Crippen molar-refractivity contribution in [3.63, 3.8) is 0 Å². The van der Waals surface area contributed by atoms with Crippen LogP contribution < -0.4 is 5.32 Å². The Labute approximate surface area is 91.3 Å². The summed E-state index contributed by atoms with van der Waals surface area (Å²) in [6, 6.07) is 0. The van der Waals surface area contributed by atoms with Gasteiger partial charge in [0.05, 0.1) is 13.2 Å². The molecule has 0 spiro atoms. The van der Waals surface area contributed by atoms with Crippen LogP contribution in [0, 0.1) is 0 Å². The molecule has 1 aliphatic carbocycles. The van der Waals surface area contributed by atoms with Gasteiger partial charge in [0.25, 0.3) is 0 Å². The predicted molar refractivity (Wildman–Crippen MR) is 57.7 cm³/mol. The summed E-state index contributed by atoms with van der Waals surface area (Å²) in [6.45, 7) is 2.85. The van der Waals surface area contributed by atoms with E-state index in [1.54, 1.807) is 7.05 Å². The van der Waals surface area contributed by atoms with Crippen molar-refractivity contribution in [3.05, 3.63) is 0 Å². The molecule has 4 nitrogen and oxygen atoms in total. The van der Waals surface area contributed by atoms with Crippen LogP contribution in [0.1, 0.15) is 32.6 Å². The van der Waals surface area contributed by atoms with Crippen LogP contribution in [0.15, 0.2) is 0 Å². The van der Waals surface area contributed by atoms with Crippen molar-refractivity contribution >= 4 is 5.97 Å². The molecule has 0 saturated heterocycles. The zero-order valence-corrected chi connectivity index (χ0v) is 9.84. The van der Waals surface area contributed by atoms with E-state index in [2.05, 4.69) is 12.2 Å². The molecule has 0 aromatic carbocycles. The van der Waals surface area contributed by atoms with Gasteiger partial charge in [0, 0.05) is 13.0 Å². The Balaban J connectivity index is 2.53. The second-order valence-electron chi connectivity index (χ2n) is 4.06. The van der Waals surface area contributed by atoms with Crippen LogP contribution in [0.4, 0.5) is 0 Å². The van der Waals surface area contributed by atoms with Gasteiger partial charge in [-0.05, 0) is 26.3 Å². The molecule has 0 amide bonds. The van der Waals surface area contributed by atoms with Gasteiger partial charge in [0.2, 0.25) is 0 Å². The molecule has 2 unspecified atom stereocenters. The number of carbonyl (C=O) groups excluding carboxylic acids is 1. The van der Waals surface area contributed by atoms with Crippen molar-refractivity contribution in [3.8, 4) is 0 Å². The monoisotopic (exact) mass is 215 g/mol. The molecule has 1 saturated carbocycles. The van der Waals surface area contributed by atoms with Gasteiger partial charge in [-0.25, -0.2) is 0 Å². The number of rotatable bonds is 5. The summed E-state index contributed by atoms with van der Waals surface area (Å²) in [5.74, 6) is -0.174. The number of carbonyl (C=O) groups is 1. The van der Waals surface area contributed by atoms with E-state index in [1.165, 1.54) is 7.11 Å². The Morgan fingerprint density at radius 1 is 1.60 bits per heavy atom. The van der Waals surface area contributed by atoms with Gasteiger partial charge in [-0.2, -0.15) is 0 Å². The first-order chi connectivity index (χ1) is 7.18. The topological polar surface area (TPSA) is 47.6 Å². The van der Waals surface area contributed by atoms with Crippen LogP contribution >= 0.6 is 0 Å². The maximum Gasteiger partial charge on any atom is 0.326 e. The van der Waals surface area contributed by atoms with E-state index >= 15 is 0 Å². The highest BCUT2D eigenvalue weighted by Gasteiger charge is 2.45. The Bertz CT molecular complexity index is 220. The van der Waals surface area contributed by atoms with Crippen molar-refractivity contribution in [2.24, 2.45) is 0 Å². The van der Waals surface area contributed by atoms with Gasteiger partial charge >= 0.3 is 5.97 Å². The molecule has 1 aliphatic rings. The highest BCUT2D eigenvalue weighted by atomic mass is 16.5. The molecule has 0 bridgehead atoms. The van der Waals surface area contributed by atoms with E-state index in [1.807, 2.05) is 0 Å². The standard InChI is InChI=1S/C11H21NO3/c1-4-7-15-9-5-6-11(8-9,12-2)10(13)14-3/h9,12H,4-8H2,1-3H3. The third kappa shape index (κ3) is 2.69. The van der Waals surface area contributed by atoms with Crippen LogP contribution in [0.2, 0.25) is 0 Å². The highest BCUT2D eigenvalue weighted by Crippen LogP contribution is 2.32. The first-order valence-corrected chi connectivity index (χ1v) is 5.57. The summed E-state index contributed by atoms with van der Waals surface area (Å²) in [6.07, 6.45) is 3.65. The fourth-order valence-corrected chi connectivity index (χ4v) is 2.14. The summed E-state index contributed by atoms with van der Waals surface area (Å²) in [7, 11) is 3.24. The third-order valence-corrected chi connectivity index (χ3v) is 3.08. The molecule has 1 N–H and O–H groups in total. The lowest BCUT2D eigenvalue weighted by molar-refractivity contribution is -0.148. The predicted octanol–water partition coefficient (Wildman–Crippen LogP) is 1.10. The van der Waals surface area contributed by atoms with Crippen molar-refractivity contribution in [2.45, 2.75) is 44.2 Å². The molecule has 0 heterocycles. The third-order valence-electron chi connectivity index (χ3n) is 3.08. The minimum Gasteiger partial charge on any atom is -0.468 e. The average molecular weight is 215 g/mol. The van der Waals surface area contributed by atoms with Gasteiger partial charge in [0.1, 0.15) is 5.54 Å². The summed E-state index contributed by atoms with van der Waals surface area (Å²) >= 11 is 0. The normalized spacial score (nSPS) is 30.5. The number of hydrogen-bond donors (Lipinski definition) is 1. The smallest absolute Gasteiger partial charge is 0.326 e. The first-order valence-electron chi connectivity index (χ1n) is 5.57. The molecule has 1 rings (SSSR count). The molecular weight excluding hydrogens is 194 g/mol. The molecule has 88 valence electrons. The molecule has 2 atom stereocenters. The Morgan fingerprint density at radius 2 is 2.33 bits per heavy atom. The average Bonchev–Trinajstić information content (AvgIpc) is 2.70. The first kappa shape index (κ1) is 12.5. The molecule has 0 radical (unpaired) electrons. The van der Waals surface area contributed by atoms with E-state index in [-0.39, 0.29) is 12.1 Å². The molecular formula is C11H21NO3. The summed E-state index contributed by atoms with van der Waals surface area (Å²) < 4.78 is 10.5. The Kier molecular flexibility index (Phi) is 4.54. The number of hydrogen-bond acceptors (Lipinski definition) is 4. The lowest BCUT2D eigenvalue weighted by atomic mass is 9.98. The minimum atomic E-state index is -0.521.